The molecule has 0 saturated carbocycles. The van der Waals surface area contributed by atoms with Gasteiger partial charge in [0.15, 0.2) is 17.5 Å². The fraction of sp³-hybridized carbons (Fsp3) is 0.488. The molecular weight excluding hydrogens is 798 g/mol. The minimum atomic E-state index is -1.12. The van der Waals surface area contributed by atoms with Crippen LogP contribution in [0.3, 0.4) is 0 Å². The molecule has 60 heavy (non-hydrogen) atoms. The molecule has 17 heteroatoms. The van der Waals surface area contributed by atoms with E-state index in [1.165, 1.54) is 59.0 Å². The molecule has 2 aliphatic heterocycles. The molecule has 6 rings (SSSR count). The number of rotatable bonds is 8. The van der Waals surface area contributed by atoms with Crippen LogP contribution in [0.5, 0.6) is 0 Å². The number of amides is 4. The minimum absolute atomic E-state index is 0.00896. The molecule has 2 fully saturated rings. The second-order valence-corrected chi connectivity index (χ2v) is 15.3. The van der Waals surface area contributed by atoms with Crippen molar-refractivity contribution in [2.45, 2.75) is 80.4 Å². The Morgan fingerprint density at radius 1 is 0.867 bits per heavy atom. The summed E-state index contributed by atoms with van der Waals surface area (Å²) in [6, 6.07) is 7.32. The van der Waals surface area contributed by atoms with Crippen LogP contribution in [0.2, 0.25) is 5.02 Å². The van der Waals surface area contributed by atoms with Crippen LogP contribution in [-0.2, 0) is 23.1 Å². The maximum atomic E-state index is 15.5. The highest BCUT2D eigenvalue weighted by molar-refractivity contribution is 6.34. The quantitative estimate of drug-likeness (QED) is 0.186. The Morgan fingerprint density at radius 2 is 1.47 bits per heavy atom. The van der Waals surface area contributed by atoms with Gasteiger partial charge in [-0.15, -0.1) is 0 Å². The van der Waals surface area contributed by atoms with Crippen LogP contribution in [0.15, 0.2) is 42.7 Å². The Bertz CT molecular complexity index is 2150. The number of imidazole rings is 1. The van der Waals surface area contributed by atoms with E-state index < -0.39 is 23.1 Å². The van der Waals surface area contributed by atoms with E-state index in [0.29, 0.717) is 63.4 Å². The minimum Gasteiger partial charge on any atom is -0.444 e. The van der Waals surface area contributed by atoms with Crippen molar-refractivity contribution in [3.8, 4) is 22.4 Å². The van der Waals surface area contributed by atoms with Gasteiger partial charge in [-0.05, 0) is 64.8 Å². The van der Waals surface area contributed by atoms with Crippen molar-refractivity contribution >= 4 is 41.1 Å². The molecule has 2 N–H and O–H groups in total. The van der Waals surface area contributed by atoms with Crippen LogP contribution in [-0.4, -0.2) is 114 Å². The number of piperidine rings is 1. The van der Waals surface area contributed by atoms with Gasteiger partial charge in [-0.2, -0.15) is 5.10 Å². The molecule has 14 nitrogen and oxygen atoms in total. The van der Waals surface area contributed by atoms with Gasteiger partial charge >= 0.3 is 6.09 Å². The Hall–Kier alpha value is -5.35. The molecule has 0 spiro atoms. The smallest absolute Gasteiger partial charge is 0.410 e. The number of benzene rings is 2. The largest absolute Gasteiger partial charge is 0.444 e. The molecule has 0 radical (unpaired) electrons. The van der Waals surface area contributed by atoms with E-state index in [4.69, 9.17) is 16.3 Å². The van der Waals surface area contributed by atoms with E-state index in [1.807, 2.05) is 48.5 Å². The third-order valence-corrected chi connectivity index (χ3v) is 10.4. The van der Waals surface area contributed by atoms with Crippen LogP contribution in [0.4, 0.5) is 19.3 Å². The van der Waals surface area contributed by atoms with Gasteiger partial charge in [-0.25, -0.2) is 18.6 Å². The lowest BCUT2D eigenvalue weighted by Crippen LogP contribution is -2.53. The number of aliphatic hydroxyl groups is 1. The summed E-state index contributed by atoms with van der Waals surface area (Å²) in [4.78, 5) is 61.6. The third-order valence-electron chi connectivity index (χ3n) is 10.1. The molecule has 326 valence electrons. The molecule has 4 heterocycles. The number of likely N-dealkylation sites (tertiary alicyclic amines) is 1. The zero-order valence-corrected chi connectivity index (χ0v) is 36.7. The molecule has 2 aromatic carbocycles. The number of ether oxygens (including phenoxy) is 1. The van der Waals surface area contributed by atoms with Crippen molar-refractivity contribution in [3.05, 3.63) is 76.5 Å². The zero-order chi connectivity index (χ0) is 44.5. The van der Waals surface area contributed by atoms with Gasteiger partial charge in [-0.3, -0.25) is 19.1 Å². The predicted molar refractivity (Wildman–Crippen MR) is 227 cm³/mol. The maximum Gasteiger partial charge on any atom is 0.410 e. The number of piperazine rings is 1. The lowest BCUT2D eigenvalue weighted by Gasteiger charge is -2.38. The van der Waals surface area contributed by atoms with Gasteiger partial charge in [0.25, 0.3) is 11.8 Å². The number of carbonyl (C=O) groups is 4. The summed E-state index contributed by atoms with van der Waals surface area (Å²) in [7, 11) is 1.50. The number of aliphatic hydroxyl groups excluding tert-OH is 1. The van der Waals surface area contributed by atoms with Crippen molar-refractivity contribution in [1.82, 2.24) is 34.0 Å². The maximum absolute atomic E-state index is 15.5. The van der Waals surface area contributed by atoms with E-state index in [-0.39, 0.29) is 75.9 Å². The van der Waals surface area contributed by atoms with Crippen molar-refractivity contribution in [3.63, 3.8) is 0 Å². The van der Waals surface area contributed by atoms with E-state index >= 15 is 8.78 Å². The first-order valence-corrected chi connectivity index (χ1v) is 20.8. The van der Waals surface area contributed by atoms with Gasteiger partial charge in [-0.1, -0.05) is 45.4 Å². The fourth-order valence-corrected chi connectivity index (χ4v) is 7.27. The summed E-state index contributed by atoms with van der Waals surface area (Å²) >= 11 is 6.54. The van der Waals surface area contributed by atoms with Gasteiger partial charge in [0.1, 0.15) is 5.60 Å². The summed E-state index contributed by atoms with van der Waals surface area (Å²) in [5.74, 6) is -3.43. The molecule has 4 amide bonds. The number of hydrogen-bond donors (Lipinski definition) is 2. The molecular formula is C43H57ClF2N8O6. The first kappa shape index (κ1) is 47.3. The standard InChI is InChI=1S/C39H45ClF2N8O6.2C2H6/c1-23-29(21-44-50(23)18-19-51)26-8-9-28(33(42)32(26)41)31-22-43-34(46(31)5)35(52)45-25-6-7-27(30(40)20-25)37(54)48-16-14-47(15-17-48)36(53)24-10-12-49(13-11-24)38(55)56-39(2,3)4;2*1-2/h6-9,20-22,24,51H,10-19H2,1-5H3,(H,45,52);2*1-2H3. The van der Waals surface area contributed by atoms with Crippen molar-refractivity contribution in [2.75, 3.05) is 51.2 Å². The van der Waals surface area contributed by atoms with Crippen LogP contribution in [0, 0.1) is 24.5 Å². The Kier molecular flexibility index (Phi) is 16.4. The number of hydrogen-bond acceptors (Lipinski definition) is 8. The molecule has 4 aromatic rings. The van der Waals surface area contributed by atoms with Gasteiger partial charge < -0.3 is 34.4 Å². The molecule has 0 bridgehead atoms. The highest BCUT2D eigenvalue weighted by Gasteiger charge is 2.34. The van der Waals surface area contributed by atoms with Crippen LogP contribution in [0.1, 0.15) is 88.0 Å². The predicted octanol–water partition coefficient (Wildman–Crippen LogP) is 7.42. The van der Waals surface area contributed by atoms with Crippen molar-refractivity contribution in [1.29, 1.82) is 0 Å². The molecule has 2 aliphatic rings. The zero-order valence-electron chi connectivity index (χ0n) is 35.9. The topological polar surface area (TPSA) is 155 Å². The van der Waals surface area contributed by atoms with Gasteiger partial charge in [0.2, 0.25) is 5.91 Å². The average molecular weight is 855 g/mol. The van der Waals surface area contributed by atoms with E-state index in [9.17, 15) is 24.3 Å². The number of carbonyl (C=O) groups excluding carboxylic acids is 4. The third kappa shape index (κ3) is 10.7. The van der Waals surface area contributed by atoms with E-state index in [2.05, 4.69) is 15.4 Å². The summed E-state index contributed by atoms with van der Waals surface area (Å²) in [6.07, 6.45) is 3.40. The molecule has 0 aliphatic carbocycles. The number of halogens is 3. The van der Waals surface area contributed by atoms with Crippen molar-refractivity contribution in [2.24, 2.45) is 13.0 Å². The van der Waals surface area contributed by atoms with Crippen molar-refractivity contribution < 1.29 is 37.8 Å². The summed E-state index contributed by atoms with van der Waals surface area (Å²) in [5.41, 5.74) is 0.957. The number of nitrogens with one attached hydrogen (secondary N) is 1. The van der Waals surface area contributed by atoms with Crippen LogP contribution >= 0.6 is 11.6 Å². The highest BCUT2D eigenvalue weighted by atomic mass is 35.5. The van der Waals surface area contributed by atoms with Crippen LogP contribution in [0.25, 0.3) is 22.4 Å². The van der Waals surface area contributed by atoms with Crippen LogP contribution < -0.4 is 5.32 Å². The highest BCUT2D eigenvalue weighted by Crippen LogP contribution is 2.33. The SMILES string of the molecule is CC.CC.Cc1c(-c2ccc(-c3cnc(C(=O)Nc4ccc(C(=O)N5CCN(C(=O)C6CCN(C(=O)OC(C)(C)C)CC6)CC5)c(Cl)c4)n3C)c(F)c2F)cnn1CCO. The average Bonchev–Trinajstić information content (AvgIpc) is 3.80. The normalized spacial score (nSPS) is 14.4. The lowest BCUT2D eigenvalue weighted by molar-refractivity contribution is -0.138. The monoisotopic (exact) mass is 854 g/mol. The summed E-state index contributed by atoms with van der Waals surface area (Å²) < 4.78 is 39.2. The molecule has 0 unspecified atom stereocenters. The molecule has 2 saturated heterocycles. The van der Waals surface area contributed by atoms with Gasteiger partial charge in [0.05, 0.1) is 41.8 Å². The molecule has 2 aromatic heterocycles. The lowest BCUT2D eigenvalue weighted by atomic mass is 9.95. The second kappa shape index (κ2) is 20.8. The first-order valence-electron chi connectivity index (χ1n) is 20.4. The Labute approximate surface area is 355 Å². The summed E-state index contributed by atoms with van der Waals surface area (Å²) in [6.45, 7) is 17.5. The summed E-state index contributed by atoms with van der Waals surface area (Å²) in [5, 5.41) is 16.2. The van der Waals surface area contributed by atoms with E-state index in [0.717, 1.165) is 0 Å². The van der Waals surface area contributed by atoms with Gasteiger partial charge in [0, 0.05) is 80.3 Å². The number of aromatic nitrogens is 4. The Morgan fingerprint density at radius 3 is 2.07 bits per heavy atom. The van der Waals surface area contributed by atoms with E-state index in [1.54, 1.807) is 21.6 Å². The first-order chi connectivity index (χ1) is 28.6. The number of anilines is 1. The second-order valence-electron chi connectivity index (χ2n) is 14.9. The number of nitrogens with zero attached hydrogens (tertiary/aromatic N) is 7. The molecule has 0 atom stereocenters. The Balaban J connectivity index is 0.00000193. The fourth-order valence-electron chi connectivity index (χ4n) is 7.00.